The van der Waals surface area contributed by atoms with Crippen molar-refractivity contribution in [3.05, 3.63) is 16.7 Å². The summed E-state index contributed by atoms with van der Waals surface area (Å²) in [5.41, 5.74) is 5.27. The van der Waals surface area contributed by atoms with E-state index in [2.05, 4.69) is 20.9 Å². The molecule has 2 N–H and O–H groups in total. The number of anilines is 1. The molecule has 0 amide bonds. The molecule has 0 aliphatic carbocycles. The number of rotatable bonds is 1. The monoisotopic (exact) mass is 235 g/mol. The van der Waals surface area contributed by atoms with E-state index in [1.165, 1.54) is 12.3 Å². The van der Waals surface area contributed by atoms with Gasteiger partial charge in [-0.05, 0) is 33.1 Å². The molecule has 11 heavy (non-hydrogen) atoms. The summed E-state index contributed by atoms with van der Waals surface area (Å²) in [5.74, 6) is 0.0153. The van der Waals surface area contributed by atoms with Crippen LogP contribution in [0.1, 0.15) is 0 Å². The van der Waals surface area contributed by atoms with Crippen molar-refractivity contribution in [2.75, 3.05) is 5.73 Å². The normalized spacial score (nSPS) is 12.9. The summed E-state index contributed by atoms with van der Waals surface area (Å²) < 4.78 is 21.5. The Balaban J connectivity index is 3.23. The van der Waals surface area contributed by atoms with E-state index in [0.717, 1.165) is 0 Å². The largest absolute Gasteiger partial charge is 0.768 e. The van der Waals surface area contributed by atoms with E-state index < -0.39 is 11.1 Å². The summed E-state index contributed by atoms with van der Waals surface area (Å²) >= 11 is 0.755. The van der Waals surface area contributed by atoms with Crippen LogP contribution in [0.2, 0.25) is 0 Å². The number of aromatic nitrogens is 1. The van der Waals surface area contributed by atoms with Crippen molar-refractivity contribution in [2.24, 2.45) is 0 Å². The highest BCUT2D eigenvalue weighted by Crippen LogP contribution is 2.17. The lowest BCUT2D eigenvalue weighted by molar-refractivity contribution is 0.537. The van der Waals surface area contributed by atoms with Gasteiger partial charge in [0.2, 0.25) is 0 Å². The Labute approximate surface area is 74.2 Å². The third-order valence-electron chi connectivity index (χ3n) is 1.03. The lowest BCUT2D eigenvalue weighted by atomic mass is 10.5. The molecule has 60 valence electrons. The number of pyridine rings is 1. The SMILES string of the molecule is Nc1ncc(Br)cc1S(=O)[O-]. The van der Waals surface area contributed by atoms with Crippen molar-refractivity contribution < 1.29 is 8.76 Å². The molecule has 0 bridgehead atoms. The Morgan fingerprint density at radius 3 is 2.82 bits per heavy atom. The van der Waals surface area contributed by atoms with E-state index in [1.807, 2.05) is 0 Å². The number of nitrogens with zero attached hydrogens (tertiary/aromatic N) is 1. The van der Waals surface area contributed by atoms with Crippen LogP contribution < -0.4 is 5.73 Å². The second-order valence-electron chi connectivity index (χ2n) is 1.77. The zero-order valence-corrected chi connectivity index (χ0v) is 7.68. The lowest BCUT2D eigenvalue weighted by Crippen LogP contribution is -1.99. The highest BCUT2D eigenvalue weighted by atomic mass is 79.9. The molecule has 1 atom stereocenters. The maximum atomic E-state index is 10.4. The molecule has 1 unspecified atom stereocenters. The number of hydrogen-bond donors (Lipinski definition) is 1. The highest BCUT2D eigenvalue weighted by molar-refractivity contribution is 9.10. The Bertz CT molecular complexity index is 305. The Hall–Kier alpha value is -0.460. The van der Waals surface area contributed by atoms with Crippen LogP contribution in [0.4, 0.5) is 5.82 Å². The summed E-state index contributed by atoms with van der Waals surface area (Å²) in [6.45, 7) is 0. The van der Waals surface area contributed by atoms with Crippen LogP contribution in [0.25, 0.3) is 0 Å². The van der Waals surface area contributed by atoms with Gasteiger partial charge in [0.05, 0.1) is 4.90 Å². The van der Waals surface area contributed by atoms with Gasteiger partial charge in [0.15, 0.2) is 0 Å². The molecule has 1 rings (SSSR count). The molecule has 0 aliphatic rings. The summed E-state index contributed by atoms with van der Waals surface area (Å²) in [6, 6.07) is 1.39. The number of nitrogen functional groups attached to an aromatic ring is 1. The molecule has 1 aromatic heterocycles. The smallest absolute Gasteiger partial charge is 0.138 e. The summed E-state index contributed by atoms with van der Waals surface area (Å²) in [7, 11) is 0. The highest BCUT2D eigenvalue weighted by Gasteiger charge is 2.00. The minimum atomic E-state index is -2.32. The topological polar surface area (TPSA) is 79.0 Å². The molecule has 0 radical (unpaired) electrons. The summed E-state index contributed by atoms with van der Waals surface area (Å²) in [6.07, 6.45) is 1.44. The molecule has 1 heterocycles. The average Bonchev–Trinajstić information content (AvgIpc) is 1.94. The molecule has 4 nitrogen and oxygen atoms in total. The first-order chi connectivity index (χ1) is 5.11. The van der Waals surface area contributed by atoms with Gasteiger partial charge in [0, 0.05) is 10.7 Å². The fraction of sp³-hybridized carbons (Fsp3) is 0. The van der Waals surface area contributed by atoms with Gasteiger partial charge in [0.1, 0.15) is 5.82 Å². The standard InChI is InChI=1S/C5H5BrN2O2S/c6-3-1-4(11(9)10)5(7)8-2-3/h1-2H,(H2,7,8)(H,9,10)/p-1. The quantitative estimate of drug-likeness (QED) is 0.726. The van der Waals surface area contributed by atoms with Gasteiger partial charge < -0.3 is 10.3 Å². The van der Waals surface area contributed by atoms with Crippen LogP contribution >= 0.6 is 15.9 Å². The zero-order chi connectivity index (χ0) is 8.43. The maximum absolute atomic E-state index is 10.4. The van der Waals surface area contributed by atoms with Crippen LogP contribution in [0.15, 0.2) is 21.6 Å². The van der Waals surface area contributed by atoms with Crippen molar-refractivity contribution in [3.8, 4) is 0 Å². The molecular formula is C5H4BrN2O2S-. The van der Waals surface area contributed by atoms with E-state index in [1.54, 1.807) is 0 Å². The Morgan fingerprint density at radius 2 is 2.36 bits per heavy atom. The maximum Gasteiger partial charge on any atom is 0.138 e. The van der Waals surface area contributed by atoms with Crippen LogP contribution in [0.5, 0.6) is 0 Å². The molecule has 0 aliphatic heterocycles. The molecule has 0 saturated carbocycles. The van der Waals surface area contributed by atoms with E-state index in [4.69, 9.17) is 5.73 Å². The molecular weight excluding hydrogens is 232 g/mol. The third-order valence-corrected chi connectivity index (χ3v) is 2.15. The average molecular weight is 236 g/mol. The summed E-state index contributed by atoms with van der Waals surface area (Å²) in [5, 5.41) is 0. The number of halogens is 1. The Kier molecular flexibility index (Phi) is 2.58. The first-order valence-electron chi connectivity index (χ1n) is 2.61. The van der Waals surface area contributed by atoms with Gasteiger partial charge in [0.25, 0.3) is 0 Å². The van der Waals surface area contributed by atoms with E-state index in [-0.39, 0.29) is 10.7 Å². The van der Waals surface area contributed by atoms with Crippen LogP contribution in [-0.4, -0.2) is 13.7 Å². The molecule has 6 heteroatoms. The second kappa shape index (κ2) is 3.29. The lowest BCUT2D eigenvalue weighted by Gasteiger charge is -2.06. The van der Waals surface area contributed by atoms with Gasteiger partial charge >= 0.3 is 0 Å². The van der Waals surface area contributed by atoms with Crippen molar-refractivity contribution in [3.63, 3.8) is 0 Å². The van der Waals surface area contributed by atoms with Crippen LogP contribution in [0.3, 0.4) is 0 Å². The number of hydrogen-bond acceptors (Lipinski definition) is 4. The van der Waals surface area contributed by atoms with Crippen molar-refractivity contribution in [1.29, 1.82) is 0 Å². The molecule has 0 saturated heterocycles. The van der Waals surface area contributed by atoms with Gasteiger partial charge in [-0.3, -0.25) is 4.21 Å². The predicted molar refractivity (Wildman–Crippen MR) is 43.5 cm³/mol. The van der Waals surface area contributed by atoms with Crippen LogP contribution in [0, 0.1) is 0 Å². The third kappa shape index (κ3) is 1.98. The van der Waals surface area contributed by atoms with Gasteiger partial charge in [-0.2, -0.15) is 0 Å². The zero-order valence-electron chi connectivity index (χ0n) is 5.28. The first-order valence-corrected chi connectivity index (χ1v) is 4.48. The van der Waals surface area contributed by atoms with Crippen molar-refractivity contribution in [2.45, 2.75) is 4.90 Å². The molecule has 0 fully saturated rings. The van der Waals surface area contributed by atoms with Gasteiger partial charge in [-0.25, -0.2) is 4.98 Å². The summed E-state index contributed by atoms with van der Waals surface area (Å²) in [4.78, 5) is 3.65. The van der Waals surface area contributed by atoms with Crippen LogP contribution in [-0.2, 0) is 11.1 Å². The minimum absolute atomic E-state index is 0.0133. The van der Waals surface area contributed by atoms with Gasteiger partial charge in [-0.15, -0.1) is 0 Å². The van der Waals surface area contributed by atoms with E-state index >= 15 is 0 Å². The fourth-order valence-electron chi connectivity index (χ4n) is 0.565. The van der Waals surface area contributed by atoms with Crippen molar-refractivity contribution >= 4 is 32.8 Å². The number of nitrogens with two attached hydrogens (primary N) is 1. The van der Waals surface area contributed by atoms with E-state index in [0.29, 0.717) is 4.47 Å². The minimum Gasteiger partial charge on any atom is -0.768 e. The Morgan fingerprint density at radius 1 is 1.73 bits per heavy atom. The molecule has 0 aromatic carbocycles. The predicted octanol–water partition coefficient (Wildman–Crippen LogP) is 0.664. The molecule has 0 spiro atoms. The fourth-order valence-corrected chi connectivity index (χ4v) is 1.49. The van der Waals surface area contributed by atoms with Crippen molar-refractivity contribution in [1.82, 2.24) is 4.98 Å². The van der Waals surface area contributed by atoms with Gasteiger partial charge in [-0.1, -0.05) is 0 Å². The first kappa shape index (κ1) is 8.63. The van der Waals surface area contributed by atoms with E-state index in [9.17, 15) is 8.76 Å². The molecule has 1 aromatic rings. The second-order valence-corrected chi connectivity index (χ2v) is 3.60.